The SMILES string of the molecule is Cc1cc(C)n(CC(=O)Nc2cccc(S(=O)(=O)N(C)c3ccccc3)c2)n1. The number of amides is 1. The monoisotopic (exact) mass is 398 g/mol. The number of sulfonamides is 1. The highest BCUT2D eigenvalue weighted by Crippen LogP contribution is 2.23. The smallest absolute Gasteiger partial charge is 0.264 e. The van der Waals surface area contributed by atoms with E-state index in [4.69, 9.17) is 0 Å². The Labute approximate surface area is 164 Å². The van der Waals surface area contributed by atoms with Crippen LogP contribution in [0.25, 0.3) is 0 Å². The van der Waals surface area contributed by atoms with Crippen LogP contribution in [0.1, 0.15) is 11.4 Å². The minimum atomic E-state index is -3.75. The summed E-state index contributed by atoms with van der Waals surface area (Å²) in [7, 11) is -2.25. The summed E-state index contributed by atoms with van der Waals surface area (Å²) in [5.41, 5.74) is 2.69. The largest absolute Gasteiger partial charge is 0.324 e. The van der Waals surface area contributed by atoms with Crippen LogP contribution in [0.2, 0.25) is 0 Å². The molecule has 0 aliphatic carbocycles. The molecule has 2 aromatic carbocycles. The molecule has 1 heterocycles. The molecule has 7 nitrogen and oxygen atoms in total. The molecule has 8 heteroatoms. The first-order valence-corrected chi connectivity index (χ1v) is 10.2. The fourth-order valence-electron chi connectivity index (χ4n) is 2.84. The average Bonchev–Trinajstić information content (AvgIpc) is 2.98. The Hall–Kier alpha value is -3.13. The average molecular weight is 398 g/mol. The van der Waals surface area contributed by atoms with E-state index in [1.807, 2.05) is 26.0 Å². The lowest BCUT2D eigenvalue weighted by molar-refractivity contribution is -0.116. The van der Waals surface area contributed by atoms with Crippen LogP contribution in [0.5, 0.6) is 0 Å². The van der Waals surface area contributed by atoms with Crippen molar-refractivity contribution in [3.8, 4) is 0 Å². The van der Waals surface area contributed by atoms with E-state index >= 15 is 0 Å². The third kappa shape index (κ3) is 4.23. The van der Waals surface area contributed by atoms with Gasteiger partial charge in [0.15, 0.2) is 0 Å². The second-order valence-corrected chi connectivity index (χ2v) is 8.44. The fourth-order valence-corrected chi connectivity index (χ4v) is 4.08. The number of nitrogens with zero attached hydrogens (tertiary/aromatic N) is 3. The van der Waals surface area contributed by atoms with Crippen LogP contribution in [0.4, 0.5) is 11.4 Å². The number of carbonyl (C=O) groups is 1. The lowest BCUT2D eigenvalue weighted by Crippen LogP contribution is -2.26. The summed E-state index contributed by atoms with van der Waals surface area (Å²) in [6.45, 7) is 3.79. The van der Waals surface area contributed by atoms with Gasteiger partial charge in [0.1, 0.15) is 6.54 Å². The van der Waals surface area contributed by atoms with Crippen LogP contribution in [0.15, 0.2) is 65.6 Å². The molecule has 146 valence electrons. The number of rotatable bonds is 6. The first-order valence-electron chi connectivity index (χ1n) is 8.72. The minimum absolute atomic E-state index is 0.0561. The Morgan fingerprint density at radius 3 is 2.43 bits per heavy atom. The molecule has 0 fully saturated rings. The predicted molar refractivity (Wildman–Crippen MR) is 109 cm³/mol. The first kappa shape index (κ1) is 19.6. The van der Waals surface area contributed by atoms with E-state index in [1.165, 1.54) is 23.5 Å². The van der Waals surface area contributed by atoms with Gasteiger partial charge in [-0.2, -0.15) is 5.10 Å². The maximum absolute atomic E-state index is 12.9. The number of anilines is 2. The summed E-state index contributed by atoms with van der Waals surface area (Å²) in [6, 6.07) is 16.9. The van der Waals surface area contributed by atoms with Crippen LogP contribution in [-0.2, 0) is 21.4 Å². The van der Waals surface area contributed by atoms with Crippen molar-refractivity contribution in [2.24, 2.45) is 0 Å². The number of aryl methyl sites for hydroxylation is 2. The Bertz CT molecular complexity index is 1090. The number of para-hydroxylation sites is 1. The van der Waals surface area contributed by atoms with Crippen LogP contribution in [-0.4, -0.2) is 31.2 Å². The van der Waals surface area contributed by atoms with E-state index in [0.29, 0.717) is 11.4 Å². The molecule has 0 aliphatic heterocycles. The highest BCUT2D eigenvalue weighted by atomic mass is 32.2. The molecule has 1 aromatic heterocycles. The summed E-state index contributed by atoms with van der Waals surface area (Å²) < 4.78 is 28.6. The Balaban J connectivity index is 1.78. The fraction of sp³-hybridized carbons (Fsp3) is 0.200. The van der Waals surface area contributed by atoms with Crippen LogP contribution in [0, 0.1) is 13.8 Å². The van der Waals surface area contributed by atoms with Crippen LogP contribution < -0.4 is 9.62 Å². The summed E-state index contributed by atoms with van der Waals surface area (Å²) in [4.78, 5) is 12.4. The molecule has 0 radical (unpaired) electrons. The third-order valence-corrected chi connectivity index (χ3v) is 6.07. The van der Waals surface area contributed by atoms with E-state index in [9.17, 15) is 13.2 Å². The quantitative estimate of drug-likeness (QED) is 0.692. The molecule has 0 atom stereocenters. The second-order valence-electron chi connectivity index (χ2n) is 6.47. The highest BCUT2D eigenvalue weighted by Gasteiger charge is 2.21. The molecule has 28 heavy (non-hydrogen) atoms. The van der Waals surface area contributed by atoms with Crippen LogP contribution in [0.3, 0.4) is 0 Å². The van der Waals surface area contributed by atoms with Gasteiger partial charge in [0.05, 0.1) is 16.3 Å². The molecule has 0 aliphatic rings. The van der Waals surface area contributed by atoms with Crippen LogP contribution >= 0.6 is 0 Å². The number of nitrogens with one attached hydrogen (secondary N) is 1. The van der Waals surface area contributed by atoms with E-state index in [-0.39, 0.29) is 17.3 Å². The molecule has 0 unspecified atom stereocenters. The normalized spacial score (nSPS) is 11.2. The minimum Gasteiger partial charge on any atom is -0.324 e. The lowest BCUT2D eigenvalue weighted by atomic mass is 10.3. The molecular weight excluding hydrogens is 376 g/mol. The second kappa shape index (κ2) is 7.85. The highest BCUT2D eigenvalue weighted by molar-refractivity contribution is 7.92. The van der Waals surface area contributed by atoms with Gasteiger partial charge < -0.3 is 5.32 Å². The van der Waals surface area contributed by atoms with Crippen molar-refractivity contribution >= 4 is 27.3 Å². The van der Waals surface area contributed by atoms with Gasteiger partial charge in [-0.25, -0.2) is 8.42 Å². The number of carbonyl (C=O) groups excluding carboxylic acids is 1. The lowest BCUT2D eigenvalue weighted by Gasteiger charge is -2.20. The Morgan fingerprint density at radius 1 is 1.07 bits per heavy atom. The standard InChI is InChI=1S/C20H22N4O3S/c1-15-12-16(2)24(22-15)14-20(25)21-17-8-7-11-19(13-17)28(26,27)23(3)18-9-5-4-6-10-18/h4-13H,14H2,1-3H3,(H,21,25). The van der Waals surface area contributed by atoms with E-state index in [1.54, 1.807) is 41.1 Å². The first-order chi connectivity index (χ1) is 13.3. The topological polar surface area (TPSA) is 84.3 Å². The molecular formula is C20H22N4O3S. The number of hydrogen-bond donors (Lipinski definition) is 1. The molecule has 0 bridgehead atoms. The van der Waals surface area contributed by atoms with Gasteiger partial charge in [-0.1, -0.05) is 24.3 Å². The molecule has 3 rings (SSSR count). The number of benzene rings is 2. The van der Waals surface area contributed by atoms with Crippen molar-refractivity contribution in [3.63, 3.8) is 0 Å². The van der Waals surface area contributed by atoms with E-state index < -0.39 is 10.0 Å². The Morgan fingerprint density at radius 2 is 1.79 bits per heavy atom. The Kier molecular flexibility index (Phi) is 5.51. The van der Waals surface area contributed by atoms with Gasteiger partial charge in [-0.15, -0.1) is 0 Å². The molecule has 0 saturated heterocycles. The van der Waals surface area contributed by atoms with Crippen molar-refractivity contribution < 1.29 is 13.2 Å². The van der Waals surface area contributed by atoms with Gasteiger partial charge >= 0.3 is 0 Å². The summed E-state index contributed by atoms with van der Waals surface area (Å²) >= 11 is 0. The summed E-state index contributed by atoms with van der Waals surface area (Å²) in [5, 5.41) is 6.99. The van der Waals surface area contributed by atoms with E-state index in [2.05, 4.69) is 10.4 Å². The van der Waals surface area contributed by atoms with Gasteiger partial charge in [0.25, 0.3) is 10.0 Å². The maximum Gasteiger partial charge on any atom is 0.264 e. The van der Waals surface area contributed by atoms with Gasteiger partial charge in [0.2, 0.25) is 5.91 Å². The number of aromatic nitrogens is 2. The predicted octanol–water partition coefficient (Wildman–Crippen LogP) is 2.96. The molecule has 0 saturated carbocycles. The van der Waals surface area contributed by atoms with Crippen molar-refractivity contribution in [2.75, 3.05) is 16.7 Å². The molecule has 1 N–H and O–H groups in total. The van der Waals surface area contributed by atoms with Crippen molar-refractivity contribution in [3.05, 3.63) is 72.1 Å². The maximum atomic E-state index is 12.9. The third-order valence-electron chi connectivity index (χ3n) is 4.29. The summed E-state index contributed by atoms with van der Waals surface area (Å²) in [5.74, 6) is -0.280. The van der Waals surface area contributed by atoms with Gasteiger partial charge in [0, 0.05) is 18.4 Å². The van der Waals surface area contributed by atoms with Crippen molar-refractivity contribution in [1.29, 1.82) is 0 Å². The number of hydrogen-bond acceptors (Lipinski definition) is 4. The van der Waals surface area contributed by atoms with Crippen molar-refractivity contribution in [2.45, 2.75) is 25.3 Å². The molecule has 0 spiro atoms. The van der Waals surface area contributed by atoms with Gasteiger partial charge in [-0.3, -0.25) is 13.8 Å². The zero-order valence-corrected chi connectivity index (χ0v) is 16.8. The zero-order chi connectivity index (χ0) is 20.3. The zero-order valence-electron chi connectivity index (χ0n) is 16.0. The van der Waals surface area contributed by atoms with Crippen molar-refractivity contribution in [1.82, 2.24) is 9.78 Å². The summed E-state index contributed by atoms with van der Waals surface area (Å²) in [6.07, 6.45) is 0. The van der Waals surface area contributed by atoms with Gasteiger partial charge in [-0.05, 0) is 50.2 Å². The molecule has 1 amide bonds. The van der Waals surface area contributed by atoms with E-state index in [0.717, 1.165) is 11.4 Å². The molecule has 3 aromatic rings.